The number of benzene rings is 2. The second-order valence-corrected chi connectivity index (χ2v) is 8.40. The van der Waals surface area contributed by atoms with E-state index in [1.165, 1.54) is 5.52 Å². The number of hydrogen-bond acceptors (Lipinski definition) is 2. The molecule has 0 unspecified atom stereocenters. The number of imidazole rings is 2. The third-order valence-corrected chi connectivity index (χ3v) is 4.07. The van der Waals surface area contributed by atoms with Crippen LogP contribution in [0, 0.1) is 0 Å². The molecule has 4 rings (SSSR count). The standard InChI is InChI=1S/C18H18N4O.F6P/c1-3-7-17-15(5-1)19-13-21(17)9-11-23-12-10-22-14-20-16-6-2-4-8-18(16)22;1-7(2,3,4,5)6/h1-8,13-14H,9-12H2;/q;-1/p+1. The molecule has 0 bridgehead atoms. The summed E-state index contributed by atoms with van der Waals surface area (Å²) >= 11 is 0. The second kappa shape index (κ2) is 7.55. The van der Waals surface area contributed by atoms with Gasteiger partial charge in [0, 0.05) is 6.54 Å². The normalized spacial score (nSPS) is 14.2. The van der Waals surface area contributed by atoms with Crippen molar-refractivity contribution >= 4 is 29.9 Å². The van der Waals surface area contributed by atoms with Crippen molar-refractivity contribution in [1.29, 1.82) is 0 Å². The molecule has 0 amide bonds. The van der Waals surface area contributed by atoms with Gasteiger partial charge >= 0.3 is 33.0 Å². The molecule has 12 heteroatoms. The Morgan fingerprint density at radius 3 is 2.37 bits per heavy atom. The Morgan fingerprint density at radius 1 is 0.933 bits per heavy atom. The van der Waals surface area contributed by atoms with Crippen LogP contribution in [-0.2, 0) is 17.8 Å². The molecule has 4 aromatic rings. The summed E-state index contributed by atoms with van der Waals surface area (Å²) < 4.78 is 69.3. The summed E-state index contributed by atoms with van der Waals surface area (Å²) in [4.78, 5) is 7.66. The van der Waals surface area contributed by atoms with Gasteiger partial charge in [-0.1, -0.05) is 24.3 Å². The number of H-pyrrole nitrogens is 1. The summed E-state index contributed by atoms with van der Waals surface area (Å²) in [6, 6.07) is 16.4. The summed E-state index contributed by atoms with van der Waals surface area (Å²) in [7, 11) is -10.7. The monoisotopic (exact) mass is 452 g/mol. The predicted molar refractivity (Wildman–Crippen MR) is 103 cm³/mol. The van der Waals surface area contributed by atoms with E-state index in [2.05, 4.69) is 43.4 Å². The summed E-state index contributed by atoms with van der Waals surface area (Å²) in [6.45, 7) is 3.04. The molecule has 0 aliphatic rings. The molecule has 1 N–H and O–H groups in total. The summed E-state index contributed by atoms with van der Waals surface area (Å²) in [5.41, 5.74) is 4.54. The largest absolute Gasteiger partial charge is 0.376 e. The van der Waals surface area contributed by atoms with Crippen LogP contribution in [0.5, 0.6) is 0 Å². The third kappa shape index (κ3) is 7.31. The van der Waals surface area contributed by atoms with Gasteiger partial charge in [0.05, 0.1) is 30.6 Å². The second-order valence-electron chi connectivity index (χ2n) is 6.48. The number of halogens is 6. The van der Waals surface area contributed by atoms with Crippen molar-refractivity contribution in [2.24, 2.45) is 0 Å². The molecule has 30 heavy (non-hydrogen) atoms. The van der Waals surface area contributed by atoms with Gasteiger partial charge in [0.25, 0.3) is 0 Å². The number of nitrogens with zero attached hydrogens (tertiary/aromatic N) is 3. The number of rotatable bonds is 6. The molecule has 164 valence electrons. The van der Waals surface area contributed by atoms with Gasteiger partial charge in [-0.3, -0.25) is 0 Å². The molecule has 2 aromatic heterocycles. The zero-order chi connectivity index (χ0) is 21.9. The first-order valence-electron chi connectivity index (χ1n) is 8.86. The Morgan fingerprint density at radius 2 is 1.60 bits per heavy atom. The maximum atomic E-state index is 9.87. The summed E-state index contributed by atoms with van der Waals surface area (Å²) in [6.07, 6.45) is 3.87. The Bertz CT molecular complexity index is 1050. The first kappa shape index (κ1) is 22.0. The fraction of sp³-hybridized carbons (Fsp3) is 0.222. The molecule has 5 nitrogen and oxygen atoms in total. The number of hydrogen-bond donors (Lipinski definition) is 1. The summed E-state index contributed by atoms with van der Waals surface area (Å²) in [5, 5.41) is 0. The predicted octanol–water partition coefficient (Wildman–Crippen LogP) is 5.90. The van der Waals surface area contributed by atoms with Crippen molar-refractivity contribution < 1.29 is 34.5 Å². The zero-order valence-corrected chi connectivity index (χ0v) is 16.5. The van der Waals surface area contributed by atoms with Crippen molar-refractivity contribution in [3.05, 3.63) is 61.2 Å². The van der Waals surface area contributed by atoms with Gasteiger partial charge in [-0.05, 0) is 24.3 Å². The number of aromatic amines is 1. The molecular formula is C18H19F6N4OP. The van der Waals surface area contributed by atoms with Gasteiger partial charge in [-0.15, -0.1) is 0 Å². The van der Waals surface area contributed by atoms with E-state index >= 15 is 0 Å². The molecule has 0 aliphatic carbocycles. The van der Waals surface area contributed by atoms with Crippen LogP contribution in [0.4, 0.5) is 25.2 Å². The van der Waals surface area contributed by atoms with Crippen LogP contribution in [0.2, 0.25) is 0 Å². The van der Waals surface area contributed by atoms with Crippen molar-refractivity contribution in [3.63, 3.8) is 0 Å². The number of ether oxygens (including phenoxy) is 1. The van der Waals surface area contributed by atoms with Crippen molar-refractivity contribution in [2.45, 2.75) is 13.1 Å². The Balaban J connectivity index is 0.000000318. The van der Waals surface area contributed by atoms with Gasteiger partial charge in [0.2, 0.25) is 6.33 Å². The molecule has 0 saturated carbocycles. The van der Waals surface area contributed by atoms with E-state index in [0.717, 1.165) is 29.6 Å². The minimum atomic E-state index is -10.7. The first-order chi connectivity index (χ1) is 13.9. The first-order valence-corrected chi connectivity index (χ1v) is 10.9. The van der Waals surface area contributed by atoms with Crippen LogP contribution in [0.15, 0.2) is 61.2 Å². The average Bonchev–Trinajstić information content (AvgIpc) is 3.23. The number of nitrogens with one attached hydrogen (secondary N) is 1. The molecule has 0 aliphatic heterocycles. The quantitative estimate of drug-likeness (QED) is 0.171. The number of aromatic nitrogens is 4. The van der Waals surface area contributed by atoms with Crippen molar-refractivity contribution in [2.75, 3.05) is 13.2 Å². The number of fused-ring (bicyclic) bond motifs is 2. The van der Waals surface area contributed by atoms with E-state index in [4.69, 9.17) is 4.74 Å². The van der Waals surface area contributed by atoms with E-state index in [0.29, 0.717) is 13.2 Å². The van der Waals surface area contributed by atoms with E-state index in [1.807, 2.05) is 36.9 Å². The van der Waals surface area contributed by atoms with Gasteiger partial charge < -0.3 is 9.30 Å². The van der Waals surface area contributed by atoms with Crippen LogP contribution in [0.25, 0.3) is 22.1 Å². The van der Waals surface area contributed by atoms with Crippen LogP contribution >= 0.6 is 7.81 Å². The molecule has 0 fully saturated rings. The molecule has 0 atom stereocenters. The number of para-hydroxylation sites is 4. The Kier molecular flexibility index (Phi) is 5.55. The smallest absolute Gasteiger partial charge is 0.242 e. The minimum Gasteiger partial charge on any atom is -0.376 e. The average molecular weight is 452 g/mol. The van der Waals surface area contributed by atoms with Crippen LogP contribution < -0.4 is 4.57 Å². The van der Waals surface area contributed by atoms with Crippen LogP contribution in [0.3, 0.4) is 0 Å². The van der Waals surface area contributed by atoms with E-state index in [1.54, 1.807) is 0 Å². The maximum Gasteiger partial charge on any atom is 0.242 e. The van der Waals surface area contributed by atoms with E-state index in [9.17, 15) is 25.2 Å². The Hall–Kier alpha value is -2.65. The fourth-order valence-corrected chi connectivity index (χ4v) is 2.86. The SMILES string of the molecule is F[P-](F)(F)(F)(F)F.c1ccc2c(c1)ncn2CCOCC[n+]1c[nH]c2ccccc21. The molecule has 0 radical (unpaired) electrons. The van der Waals surface area contributed by atoms with Gasteiger partial charge in [0.1, 0.15) is 6.54 Å². The van der Waals surface area contributed by atoms with Gasteiger partial charge in [-0.2, -0.15) is 0 Å². The summed E-state index contributed by atoms with van der Waals surface area (Å²) in [5.74, 6) is 0. The molecule has 2 heterocycles. The van der Waals surface area contributed by atoms with E-state index in [-0.39, 0.29) is 0 Å². The van der Waals surface area contributed by atoms with Crippen molar-refractivity contribution in [1.82, 2.24) is 14.5 Å². The van der Waals surface area contributed by atoms with Gasteiger partial charge in [0.15, 0.2) is 11.0 Å². The van der Waals surface area contributed by atoms with Crippen LogP contribution in [0.1, 0.15) is 0 Å². The zero-order valence-electron chi connectivity index (χ0n) is 15.6. The molecule has 0 spiro atoms. The van der Waals surface area contributed by atoms with Crippen molar-refractivity contribution in [3.8, 4) is 0 Å². The third-order valence-electron chi connectivity index (χ3n) is 4.07. The van der Waals surface area contributed by atoms with Gasteiger partial charge in [-0.25, -0.2) is 14.5 Å². The fourth-order valence-electron chi connectivity index (χ4n) is 2.86. The minimum absolute atomic E-state index is 0.684. The Labute approximate surface area is 167 Å². The van der Waals surface area contributed by atoms with E-state index < -0.39 is 7.81 Å². The molecular weight excluding hydrogens is 433 g/mol. The maximum absolute atomic E-state index is 10.7. The topological polar surface area (TPSA) is 46.7 Å². The van der Waals surface area contributed by atoms with Crippen LogP contribution in [-0.4, -0.2) is 27.7 Å². The molecule has 0 saturated heterocycles. The molecule has 2 aromatic carbocycles.